The lowest BCUT2D eigenvalue weighted by atomic mass is 10.1. The Bertz CT molecular complexity index is 230. The van der Waals surface area contributed by atoms with Gasteiger partial charge >= 0.3 is 0 Å². The van der Waals surface area contributed by atoms with E-state index in [2.05, 4.69) is 37.9 Å². The van der Waals surface area contributed by atoms with E-state index >= 15 is 0 Å². The van der Waals surface area contributed by atoms with E-state index in [1.807, 2.05) is 0 Å². The van der Waals surface area contributed by atoms with Crippen LogP contribution >= 0.6 is 8.58 Å². The van der Waals surface area contributed by atoms with Crippen molar-refractivity contribution in [3.05, 3.63) is 29.8 Å². The van der Waals surface area contributed by atoms with Crippen LogP contribution in [0.2, 0.25) is 0 Å². The van der Waals surface area contributed by atoms with Crippen molar-refractivity contribution in [3.63, 3.8) is 0 Å². The Morgan fingerprint density at radius 2 is 2.00 bits per heavy atom. The van der Waals surface area contributed by atoms with Gasteiger partial charge in [0.15, 0.2) is 0 Å². The highest BCUT2D eigenvalue weighted by Crippen LogP contribution is 2.11. The summed E-state index contributed by atoms with van der Waals surface area (Å²) in [6, 6.07) is 8.81. The Hall–Kier alpha value is -0.350. The third-order valence-electron chi connectivity index (χ3n) is 2.09. The first kappa shape index (κ1) is 9.74. The molecule has 1 atom stereocenters. The van der Waals surface area contributed by atoms with Crippen molar-refractivity contribution in [1.29, 1.82) is 0 Å². The fourth-order valence-electron chi connectivity index (χ4n) is 1.35. The maximum Gasteiger partial charge on any atom is -0.0242 e. The van der Waals surface area contributed by atoms with Gasteiger partial charge in [-0.3, -0.25) is 0 Å². The second-order valence-corrected chi connectivity index (χ2v) is 4.05. The summed E-state index contributed by atoms with van der Waals surface area (Å²) in [4.78, 5) is 0. The standard InChI is InChI=1S/C11H17P/c1-3-4-7-10-8-5-6-9-11(10)12-2/h5-6,8-9,12H,3-4,7H2,1-2H3. The normalized spacial score (nSPS) is 11.2. The largest absolute Gasteiger partial charge is 0.0933 e. The van der Waals surface area contributed by atoms with Gasteiger partial charge in [0, 0.05) is 0 Å². The fraction of sp³-hybridized carbons (Fsp3) is 0.455. The molecular formula is C11H17P. The molecule has 1 rings (SSSR count). The van der Waals surface area contributed by atoms with Gasteiger partial charge in [-0.1, -0.05) is 46.2 Å². The molecule has 0 heterocycles. The molecule has 0 saturated carbocycles. The van der Waals surface area contributed by atoms with E-state index in [0.29, 0.717) is 0 Å². The van der Waals surface area contributed by atoms with Gasteiger partial charge in [-0.15, -0.1) is 0 Å². The quantitative estimate of drug-likeness (QED) is 0.625. The Balaban J connectivity index is 2.68. The molecule has 1 aromatic rings. The Kier molecular flexibility index (Phi) is 4.32. The lowest BCUT2D eigenvalue weighted by Gasteiger charge is -2.05. The van der Waals surface area contributed by atoms with E-state index in [1.54, 1.807) is 10.9 Å². The molecule has 1 heteroatoms. The summed E-state index contributed by atoms with van der Waals surface area (Å²) in [5.41, 5.74) is 1.56. The van der Waals surface area contributed by atoms with Crippen LogP contribution in [0.3, 0.4) is 0 Å². The molecule has 0 nitrogen and oxygen atoms in total. The van der Waals surface area contributed by atoms with Gasteiger partial charge in [-0.2, -0.15) is 0 Å². The lowest BCUT2D eigenvalue weighted by molar-refractivity contribution is 0.798. The SMILES string of the molecule is CCCCc1ccccc1PC. The minimum absolute atomic E-state index is 0.940. The number of unbranched alkanes of at least 4 members (excludes halogenated alkanes) is 1. The summed E-state index contributed by atoms with van der Waals surface area (Å²) in [5.74, 6) is 0. The molecule has 0 bridgehead atoms. The summed E-state index contributed by atoms with van der Waals surface area (Å²) in [5, 5.41) is 1.55. The maximum atomic E-state index is 2.27. The molecule has 0 fully saturated rings. The van der Waals surface area contributed by atoms with Crippen LogP contribution in [0.5, 0.6) is 0 Å². The zero-order valence-corrected chi connectivity index (χ0v) is 8.93. The molecule has 1 unspecified atom stereocenters. The van der Waals surface area contributed by atoms with Crippen molar-refractivity contribution in [1.82, 2.24) is 0 Å². The van der Waals surface area contributed by atoms with Crippen molar-refractivity contribution >= 4 is 13.9 Å². The van der Waals surface area contributed by atoms with Crippen LogP contribution in [0.15, 0.2) is 24.3 Å². The third kappa shape index (κ3) is 2.60. The molecule has 0 spiro atoms. The van der Waals surface area contributed by atoms with Gasteiger partial charge in [0.25, 0.3) is 0 Å². The van der Waals surface area contributed by atoms with Gasteiger partial charge in [0.05, 0.1) is 0 Å². The van der Waals surface area contributed by atoms with Crippen LogP contribution in [0.4, 0.5) is 0 Å². The van der Waals surface area contributed by atoms with Crippen molar-refractivity contribution in [2.24, 2.45) is 0 Å². The zero-order chi connectivity index (χ0) is 8.81. The van der Waals surface area contributed by atoms with E-state index < -0.39 is 0 Å². The molecule has 12 heavy (non-hydrogen) atoms. The van der Waals surface area contributed by atoms with Crippen molar-refractivity contribution < 1.29 is 0 Å². The van der Waals surface area contributed by atoms with Crippen LogP contribution < -0.4 is 5.30 Å². The van der Waals surface area contributed by atoms with Gasteiger partial charge in [0.2, 0.25) is 0 Å². The first-order chi connectivity index (χ1) is 5.88. The molecule has 0 aliphatic heterocycles. The molecule has 0 saturated heterocycles. The van der Waals surface area contributed by atoms with Crippen LogP contribution in [0, 0.1) is 0 Å². The molecule has 0 aromatic heterocycles. The summed E-state index contributed by atoms with van der Waals surface area (Å²) >= 11 is 0. The average Bonchev–Trinajstić information content (AvgIpc) is 2.15. The highest BCUT2D eigenvalue weighted by molar-refractivity contribution is 7.46. The van der Waals surface area contributed by atoms with Crippen molar-refractivity contribution in [2.75, 3.05) is 6.66 Å². The molecule has 0 radical (unpaired) electrons. The first-order valence-electron chi connectivity index (χ1n) is 4.64. The third-order valence-corrected chi connectivity index (χ3v) is 3.11. The minimum atomic E-state index is 0.940. The monoisotopic (exact) mass is 180 g/mol. The molecule has 0 amide bonds. The summed E-state index contributed by atoms with van der Waals surface area (Å²) in [6.45, 7) is 4.50. The first-order valence-corrected chi connectivity index (χ1v) is 6.14. The van der Waals surface area contributed by atoms with E-state index in [-0.39, 0.29) is 0 Å². The van der Waals surface area contributed by atoms with Crippen LogP contribution in [0.25, 0.3) is 0 Å². The Morgan fingerprint density at radius 3 is 2.67 bits per heavy atom. The van der Waals surface area contributed by atoms with E-state index in [0.717, 1.165) is 8.58 Å². The van der Waals surface area contributed by atoms with Gasteiger partial charge in [-0.05, 0) is 30.4 Å². The average molecular weight is 180 g/mol. The Morgan fingerprint density at radius 1 is 1.25 bits per heavy atom. The summed E-state index contributed by atoms with van der Waals surface area (Å²) < 4.78 is 0. The Labute approximate surface area is 77.2 Å². The predicted molar refractivity (Wildman–Crippen MR) is 58.9 cm³/mol. The minimum Gasteiger partial charge on any atom is -0.0933 e. The number of benzene rings is 1. The van der Waals surface area contributed by atoms with Gasteiger partial charge in [0.1, 0.15) is 0 Å². The van der Waals surface area contributed by atoms with Crippen LogP contribution in [-0.4, -0.2) is 6.66 Å². The number of rotatable bonds is 4. The highest BCUT2D eigenvalue weighted by atomic mass is 31.1. The van der Waals surface area contributed by atoms with Gasteiger partial charge < -0.3 is 0 Å². The van der Waals surface area contributed by atoms with Crippen LogP contribution in [0.1, 0.15) is 25.3 Å². The lowest BCUT2D eigenvalue weighted by Crippen LogP contribution is -2.02. The van der Waals surface area contributed by atoms with E-state index in [1.165, 1.54) is 19.3 Å². The van der Waals surface area contributed by atoms with Crippen molar-refractivity contribution in [2.45, 2.75) is 26.2 Å². The molecule has 0 N–H and O–H groups in total. The number of hydrogen-bond donors (Lipinski definition) is 0. The van der Waals surface area contributed by atoms with E-state index in [9.17, 15) is 0 Å². The molecule has 0 aliphatic carbocycles. The highest BCUT2D eigenvalue weighted by Gasteiger charge is 1.97. The smallest absolute Gasteiger partial charge is 0.0242 e. The maximum absolute atomic E-state index is 2.27. The summed E-state index contributed by atoms with van der Waals surface area (Å²) in [6.07, 6.45) is 3.87. The fourth-order valence-corrected chi connectivity index (χ4v) is 2.14. The van der Waals surface area contributed by atoms with Crippen molar-refractivity contribution in [3.8, 4) is 0 Å². The predicted octanol–water partition coefficient (Wildman–Crippen LogP) is 2.96. The molecular weight excluding hydrogens is 163 g/mol. The zero-order valence-electron chi connectivity index (χ0n) is 7.93. The molecule has 0 aliphatic rings. The van der Waals surface area contributed by atoms with Gasteiger partial charge in [-0.25, -0.2) is 0 Å². The second-order valence-electron chi connectivity index (χ2n) is 3.01. The summed E-state index contributed by atoms with van der Waals surface area (Å²) in [7, 11) is 0.940. The van der Waals surface area contributed by atoms with E-state index in [4.69, 9.17) is 0 Å². The molecule has 1 aromatic carbocycles. The topological polar surface area (TPSA) is 0 Å². The number of aryl methyl sites for hydroxylation is 1. The molecule has 66 valence electrons. The second kappa shape index (κ2) is 5.32. The van der Waals surface area contributed by atoms with Crippen LogP contribution in [-0.2, 0) is 6.42 Å². The number of hydrogen-bond acceptors (Lipinski definition) is 0.